The lowest BCUT2D eigenvalue weighted by atomic mass is 10.1. The molecule has 1 aromatic heterocycles. The van der Waals surface area contributed by atoms with Gasteiger partial charge in [0.25, 0.3) is 11.8 Å². The number of rotatable bonds is 1. The predicted molar refractivity (Wildman–Crippen MR) is 102 cm³/mol. The third kappa shape index (κ3) is 3.36. The zero-order valence-corrected chi connectivity index (χ0v) is 15.2. The largest absolute Gasteiger partial charge is 0.352 e. The molecule has 4 rings (SSSR count). The van der Waals surface area contributed by atoms with E-state index in [1.807, 2.05) is 36.4 Å². The van der Waals surface area contributed by atoms with Crippen molar-refractivity contribution in [1.29, 1.82) is 0 Å². The molecule has 6 heteroatoms. The highest BCUT2D eigenvalue weighted by atomic mass is 16.2. The Morgan fingerprint density at radius 3 is 2.56 bits per heavy atom. The summed E-state index contributed by atoms with van der Waals surface area (Å²) in [6, 6.07) is 11.4. The first kappa shape index (κ1) is 17.1. The zero-order chi connectivity index (χ0) is 18.8. The average molecular weight is 360 g/mol. The summed E-state index contributed by atoms with van der Waals surface area (Å²) in [7, 11) is 1.80. The molecule has 3 heterocycles. The number of carbonyl (C=O) groups excluding carboxylic acids is 2. The van der Waals surface area contributed by atoms with Gasteiger partial charge in [-0.2, -0.15) is 0 Å². The summed E-state index contributed by atoms with van der Waals surface area (Å²) in [5.41, 5.74) is 2.54. The van der Waals surface area contributed by atoms with Crippen LogP contribution in [0.4, 0.5) is 5.82 Å². The molecule has 0 N–H and O–H groups in total. The predicted octanol–water partition coefficient (Wildman–Crippen LogP) is 1.37. The molecule has 0 atom stereocenters. The highest BCUT2D eigenvalue weighted by Crippen LogP contribution is 2.29. The fraction of sp³-hybridized carbons (Fsp3) is 0.286. The van der Waals surface area contributed by atoms with Gasteiger partial charge >= 0.3 is 0 Å². The van der Waals surface area contributed by atoms with E-state index in [4.69, 9.17) is 0 Å². The van der Waals surface area contributed by atoms with Crippen molar-refractivity contribution >= 4 is 17.6 Å². The van der Waals surface area contributed by atoms with Crippen molar-refractivity contribution in [3.63, 3.8) is 0 Å². The van der Waals surface area contributed by atoms with Crippen LogP contribution in [-0.2, 0) is 11.3 Å². The average Bonchev–Trinajstić information content (AvgIpc) is 3.01. The molecule has 1 saturated heterocycles. The number of hydrogen-bond acceptors (Lipinski definition) is 4. The summed E-state index contributed by atoms with van der Waals surface area (Å²) >= 11 is 0. The molecule has 2 aliphatic rings. The smallest absolute Gasteiger partial charge is 0.298 e. The number of piperazine rings is 1. The SMILES string of the molecule is CN1Cc2ccnc(N3CCN(C(=O)C#Cc4ccccc4)CC3)c2C1=O. The lowest BCUT2D eigenvalue weighted by Crippen LogP contribution is -2.49. The molecule has 1 aromatic carbocycles. The number of benzene rings is 1. The van der Waals surface area contributed by atoms with E-state index in [0.717, 1.165) is 16.9 Å². The molecule has 2 aromatic rings. The van der Waals surface area contributed by atoms with Crippen LogP contribution in [0, 0.1) is 11.8 Å². The van der Waals surface area contributed by atoms with Crippen molar-refractivity contribution in [2.75, 3.05) is 38.1 Å². The van der Waals surface area contributed by atoms with Gasteiger partial charge in [-0.05, 0) is 23.8 Å². The van der Waals surface area contributed by atoms with Crippen molar-refractivity contribution in [1.82, 2.24) is 14.8 Å². The van der Waals surface area contributed by atoms with Gasteiger partial charge in [0.05, 0.1) is 5.56 Å². The summed E-state index contributed by atoms with van der Waals surface area (Å²) in [6.07, 6.45) is 1.75. The molecule has 0 bridgehead atoms. The van der Waals surface area contributed by atoms with E-state index in [2.05, 4.69) is 21.7 Å². The molecule has 27 heavy (non-hydrogen) atoms. The summed E-state index contributed by atoms with van der Waals surface area (Å²) in [6.45, 7) is 3.03. The van der Waals surface area contributed by atoms with Gasteiger partial charge in [0.2, 0.25) is 0 Å². The van der Waals surface area contributed by atoms with Gasteiger partial charge in [0.1, 0.15) is 5.82 Å². The van der Waals surface area contributed by atoms with Crippen molar-refractivity contribution in [2.45, 2.75) is 6.54 Å². The maximum absolute atomic E-state index is 12.4. The Morgan fingerprint density at radius 1 is 1.07 bits per heavy atom. The highest BCUT2D eigenvalue weighted by Gasteiger charge is 2.31. The van der Waals surface area contributed by atoms with Gasteiger partial charge < -0.3 is 14.7 Å². The number of pyridine rings is 1. The minimum Gasteiger partial charge on any atom is -0.352 e. The topological polar surface area (TPSA) is 56.8 Å². The van der Waals surface area contributed by atoms with Gasteiger partial charge in [0.15, 0.2) is 0 Å². The Kier molecular flexibility index (Phi) is 4.51. The first-order valence-corrected chi connectivity index (χ1v) is 8.98. The summed E-state index contributed by atoms with van der Waals surface area (Å²) in [4.78, 5) is 34.8. The Morgan fingerprint density at radius 2 is 1.81 bits per heavy atom. The van der Waals surface area contributed by atoms with Gasteiger partial charge in [0, 0.05) is 57.5 Å². The summed E-state index contributed by atoms with van der Waals surface area (Å²) in [5.74, 6) is 6.21. The molecule has 1 fully saturated rings. The van der Waals surface area contributed by atoms with Crippen molar-refractivity contribution < 1.29 is 9.59 Å². The number of hydrogen-bond donors (Lipinski definition) is 0. The Labute approximate surface area is 158 Å². The minimum atomic E-state index is -0.166. The van der Waals surface area contributed by atoms with Crippen LogP contribution in [0.15, 0.2) is 42.6 Å². The lowest BCUT2D eigenvalue weighted by Gasteiger charge is -2.35. The molecule has 0 unspecified atom stereocenters. The van der Waals surface area contributed by atoms with Crippen LogP contribution in [0.1, 0.15) is 21.5 Å². The number of aromatic nitrogens is 1. The van der Waals surface area contributed by atoms with Gasteiger partial charge in [-0.25, -0.2) is 4.98 Å². The first-order valence-electron chi connectivity index (χ1n) is 8.98. The molecule has 0 aliphatic carbocycles. The van der Waals surface area contributed by atoms with Crippen LogP contribution in [0.25, 0.3) is 0 Å². The Bertz CT molecular complexity index is 938. The Balaban J connectivity index is 1.43. The van der Waals surface area contributed by atoms with Crippen LogP contribution in [-0.4, -0.2) is 59.8 Å². The number of fused-ring (bicyclic) bond motifs is 1. The number of amides is 2. The molecule has 2 aliphatic heterocycles. The van der Waals surface area contributed by atoms with Crippen LogP contribution >= 0.6 is 0 Å². The number of anilines is 1. The van der Waals surface area contributed by atoms with E-state index >= 15 is 0 Å². The van der Waals surface area contributed by atoms with Crippen LogP contribution in [0.3, 0.4) is 0 Å². The first-order chi connectivity index (χ1) is 13.1. The molecule has 6 nitrogen and oxygen atoms in total. The van der Waals surface area contributed by atoms with Crippen LogP contribution in [0.2, 0.25) is 0 Å². The van der Waals surface area contributed by atoms with Crippen molar-refractivity contribution in [2.24, 2.45) is 0 Å². The summed E-state index contributed by atoms with van der Waals surface area (Å²) < 4.78 is 0. The normalized spacial score (nSPS) is 16.0. The highest BCUT2D eigenvalue weighted by molar-refractivity contribution is 6.02. The molecule has 0 saturated carbocycles. The monoisotopic (exact) mass is 360 g/mol. The molecule has 0 spiro atoms. The van der Waals surface area contributed by atoms with Crippen molar-refractivity contribution in [3.8, 4) is 11.8 Å². The fourth-order valence-electron chi connectivity index (χ4n) is 3.46. The van der Waals surface area contributed by atoms with E-state index in [-0.39, 0.29) is 11.8 Å². The maximum atomic E-state index is 12.4. The van der Waals surface area contributed by atoms with Gasteiger partial charge in [-0.1, -0.05) is 24.1 Å². The van der Waals surface area contributed by atoms with Gasteiger partial charge in [-0.15, -0.1) is 0 Å². The Hall–Kier alpha value is -3.33. The second-order valence-electron chi connectivity index (χ2n) is 6.73. The van der Waals surface area contributed by atoms with Crippen molar-refractivity contribution in [3.05, 3.63) is 59.3 Å². The molecular weight excluding hydrogens is 340 g/mol. The van der Waals surface area contributed by atoms with E-state index in [9.17, 15) is 9.59 Å². The van der Waals surface area contributed by atoms with Crippen LogP contribution < -0.4 is 4.90 Å². The van der Waals surface area contributed by atoms with E-state index in [1.54, 1.807) is 23.0 Å². The number of nitrogens with zero attached hydrogens (tertiary/aromatic N) is 4. The standard InChI is InChI=1S/C21H20N4O2/c1-23-15-17-9-10-22-20(19(17)21(23)27)25-13-11-24(12-14-25)18(26)8-7-16-5-3-2-4-6-16/h2-6,9-10H,11-15H2,1H3. The van der Waals surface area contributed by atoms with Gasteiger partial charge in [-0.3, -0.25) is 9.59 Å². The molecule has 136 valence electrons. The van der Waals surface area contributed by atoms with Crippen LogP contribution in [0.5, 0.6) is 0 Å². The van der Waals surface area contributed by atoms with E-state index in [0.29, 0.717) is 38.3 Å². The number of carbonyl (C=O) groups is 2. The minimum absolute atomic E-state index is 0.0142. The lowest BCUT2D eigenvalue weighted by molar-refractivity contribution is -0.125. The molecule has 0 radical (unpaired) electrons. The quantitative estimate of drug-likeness (QED) is 0.721. The van der Waals surface area contributed by atoms with E-state index in [1.165, 1.54) is 0 Å². The second kappa shape index (κ2) is 7.12. The second-order valence-corrected chi connectivity index (χ2v) is 6.73. The van der Waals surface area contributed by atoms with E-state index < -0.39 is 0 Å². The molecule has 2 amide bonds. The third-order valence-corrected chi connectivity index (χ3v) is 4.94. The maximum Gasteiger partial charge on any atom is 0.298 e. The third-order valence-electron chi connectivity index (χ3n) is 4.94. The fourth-order valence-corrected chi connectivity index (χ4v) is 3.46. The summed E-state index contributed by atoms with van der Waals surface area (Å²) in [5, 5.41) is 0. The molecular formula is C21H20N4O2. The zero-order valence-electron chi connectivity index (χ0n) is 15.2.